The van der Waals surface area contributed by atoms with E-state index in [2.05, 4.69) is 21.2 Å². The van der Waals surface area contributed by atoms with Gasteiger partial charge in [-0.15, -0.1) is 0 Å². The van der Waals surface area contributed by atoms with Gasteiger partial charge >= 0.3 is 5.69 Å². The average molecular weight is 377 g/mol. The molecule has 0 aliphatic rings. The number of pyridine rings is 1. The van der Waals surface area contributed by atoms with Crippen molar-refractivity contribution in [1.29, 1.82) is 0 Å². The largest absolute Gasteiger partial charge is 0.346 e. The normalized spacial score (nSPS) is 10.5. The summed E-state index contributed by atoms with van der Waals surface area (Å²) in [4.78, 5) is 22.1. The maximum Gasteiger partial charge on any atom is 0.310 e. The summed E-state index contributed by atoms with van der Waals surface area (Å²) >= 11 is 8.95. The average Bonchev–Trinajstić information content (AvgIpc) is 2.41. The summed E-state index contributed by atoms with van der Waals surface area (Å²) in [5.74, 6) is -0.643. The zero-order valence-corrected chi connectivity index (χ0v) is 12.9. The molecular weight excluding hydrogens is 369 g/mol. The van der Waals surface area contributed by atoms with Crippen molar-refractivity contribution in [2.75, 3.05) is 5.32 Å². The molecule has 0 fully saturated rings. The van der Waals surface area contributed by atoms with Crippen LogP contribution in [-0.2, 0) is 7.05 Å². The van der Waals surface area contributed by atoms with Crippen molar-refractivity contribution in [1.82, 2.24) is 4.57 Å². The van der Waals surface area contributed by atoms with Crippen LogP contribution in [0.4, 0.5) is 21.5 Å². The summed E-state index contributed by atoms with van der Waals surface area (Å²) in [6.45, 7) is 0. The van der Waals surface area contributed by atoms with E-state index in [1.807, 2.05) is 0 Å². The van der Waals surface area contributed by atoms with E-state index in [1.54, 1.807) is 6.07 Å². The van der Waals surface area contributed by atoms with Crippen molar-refractivity contribution in [3.8, 4) is 0 Å². The Morgan fingerprint density at radius 3 is 2.71 bits per heavy atom. The van der Waals surface area contributed by atoms with Crippen LogP contribution >= 0.6 is 27.5 Å². The zero-order valence-electron chi connectivity index (χ0n) is 10.6. The molecule has 21 heavy (non-hydrogen) atoms. The van der Waals surface area contributed by atoms with E-state index in [1.165, 1.54) is 19.2 Å². The Hall–Kier alpha value is -1.93. The molecule has 0 radical (unpaired) electrons. The predicted octanol–water partition coefficient (Wildman–Crippen LogP) is 3.59. The van der Waals surface area contributed by atoms with Gasteiger partial charge in [-0.2, -0.15) is 0 Å². The molecule has 0 unspecified atom stereocenters. The number of hydrogen-bond donors (Lipinski definition) is 1. The Labute approximate surface area is 131 Å². The van der Waals surface area contributed by atoms with Crippen LogP contribution in [0.25, 0.3) is 0 Å². The van der Waals surface area contributed by atoms with Crippen molar-refractivity contribution in [3.05, 3.63) is 60.2 Å². The highest BCUT2D eigenvalue weighted by atomic mass is 79.9. The van der Waals surface area contributed by atoms with Crippen LogP contribution in [0, 0.1) is 15.9 Å². The SMILES string of the molecule is Cn1cc([N+](=O)[O-])c(Nc2ccc(Br)cc2F)c(Cl)c1=O. The molecule has 110 valence electrons. The minimum atomic E-state index is -0.704. The molecule has 0 spiro atoms. The summed E-state index contributed by atoms with van der Waals surface area (Å²) in [5, 5.41) is 13.2. The third-order valence-electron chi connectivity index (χ3n) is 2.69. The van der Waals surface area contributed by atoms with Crippen molar-refractivity contribution in [2.45, 2.75) is 0 Å². The van der Waals surface area contributed by atoms with E-state index in [4.69, 9.17) is 11.6 Å². The lowest BCUT2D eigenvalue weighted by Crippen LogP contribution is -2.19. The van der Waals surface area contributed by atoms with Crippen LogP contribution in [-0.4, -0.2) is 9.49 Å². The quantitative estimate of drug-likeness (QED) is 0.656. The lowest BCUT2D eigenvalue weighted by atomic mass is 10.2. The van der Waals surface area contributed by atoms with Gasteiger partial charge in [0.2, 0.25) is 0 Å². The van der Waals surface area contributed by atoms with Crippen LogP contribution in [0.15, 0.2) is 33.7 Å². The lowest BCUT2D eigenvalue weighted by Gasteiger charge is -2.11. The van der Waals surface area contributed by atoms with E-state index < -0.39 is 22.0 Å². The number of nitro groups is 1. The van der Waals surface area contributed by atoms with Crippen molar-refractivity contribution < 1.29 is 9.31 Å². The Bertz CT molecular complexity index is 794. The van der Waals surface area contributed by atoms with E-state index >= 15 is 0 Å². The Morgan fingerprint density at radius 2 is 2.14 bits per heavy atom. The van der Waals surface area contributed by atoms with Crippen LogP contribution < -0.4 is 10.9 Å². The highest BCUT2D eigenvalue weighted by molar-refractivity contribution is 9.10. The molecule has 2 rings (SSSR count). The Morgan fingerprint density at radius 1 is 1.48 bits per heavy atom. The van der Waals surface area contributed by atoms with Gasteiger partial charge in [-0.1, -0.05) is 27.5 Å². The second-order valence-electron chi connectivity index (χ2n) is 4.13. The number of halogens is 3. The van der Waals surface area contributed by atoms with Gasteiger partial charge in [-0.25, -0.2) is 4.39 Å². The van der Waals surface area contributed by atoms with Crippen LogP contribution in [0.5, 0.6) is 0 Å². The molecule has 0 atom stereocenters. The first-order chi connectivity index (χ1) is 9.81. The second-order valence-corrected chi connectivity index (χ2v) is 5.42. The maximum absolute atomic E-state index is 13.8. The van der Waals surface area contributed by atoms with Gasteiger partial charge in [-0.3, -0.25) is 14.9 Å². The van der Waals surface area contributed by atoms with Crippen molar-refractivity contribution in [2.24, 2.45) is 7.05 Å². The van der Waals surface area contributed by atoms with Crippen molar-refractivity contribution >= 4 is 44.6 Å². The first-order valence-corrected chi connectivity index (χ1v) is 6.74. The highest BCUT2D eigenvalue weighted by Gasteiger charge is 2.22. The third-order valence-corrected chi connectivity index (χ3v) is 3.53. The maximum atomic E-state index is 13.8. The fourth-order valence-electron chi connectivity index (χ4n) is 1.66. The van der Waals surface area contributed by atoms with E-state index in [9.17, 15) is 19.3 Å². The fourth-order valence-corrected chi connectivity index (χ4v) is 2.27. The molecule has 1 heterocycles. The number of aryl methyl sites for hydroxylation is 1. The number of hydrogen-bond acceptors (Lipinski definition) is 4. The van der Waals surface area contributed by atoms with Gasteiger partial charge in [0.1, 0.15) is 16.5 Å². The van der Waals surface area contributed by atoms with Crippen molar-refractivity contribution in [3.63, 3.8) is 0 Å². The zero-order chi connectivity index (χ0) is 15.7. The minimum Gasteiger partial charge on any atom is -0.346 e. The number of aromatic nitrogens is 1. The lowest BCUT2D eigenvalue weighted by molar-refractivity contribution is -0.384. The molecule has 1 N–H and O–H groups in total. The van der Waals surface area contributed by atoms with Gasteiger partial charge < -0.3 is 9.88 Å². The van der Waals surface area contributed by atoms with Crippen LogP contribution in [0.1, 0.15) is 0 Å². The first-order valence-electron chi connectivity index (χ1n) is 5.57. The topological polar surface area (TPSA) is 77.2 Å². The molecule has 0 bridgehead atoms. The molecule has 0 aliphatic heterocycles. The number of benzene rings is 1. The molecule has 9 heteroatoms. The number of nitrogens with one attached hydrogen (secondary N) is 1. The summed E-state index contributed by atoms with van der Waals surface area (Å²) in [6, 6.07) is 4.10. The van der Waals surface area contributed by atoms with Gasteiger partial charge in [0.15, 0.2) is 0 Å². The van der Waals surface area contributed by atoms with Crippen LogP contribution in [0.3, 0.4) is 0 Å². The molecule has 1 aromatic heterocycles. The second kappa shape index (κ2) is 5.82. The molecule has 0 amide bonds. The number of nitrogens with zero attached hydrogens (tertiary/aromatic N) is 2. The standard InChI is InChI=1S/C12H8BrClFN3O3/c1-17-5-9(18(20)21)11(10(14)12(17)19)16-8-3-2-6(13)4-7(8)15/h2-5,16H,1H3. The van der Waals surface area contributed by atoms with Gasteiger partial charge in [0, 0.05) is 11.5 Å². The molecule has 1 aromatic carbocycles. The first kappa shape index (κ1) is 15.5. The number of anilines is 2. The van der Waals surface area contributed by atoms with E-state index in [0.717, 1.165) is 10.8 Å². The van der Waals surface area contributed by atoms with E-state index in [0.29, 0.717) is 4.47 Å². The summed E-state index contributed by atoms with van der Waals surface area (Å²) < 4.78 is 15.3. The summed E-state index contributed by atoms with van der Waals surface area (Å²) in [5.41, 5.74) is -1.32. The molecule has 2 aromatic rings. The molecule has 6 nitrogen and oxygen atoms in total. The number of rotatable bonds is 3. The fraction of sp³-hybridized carbons (Fsp3) is 0.0833. The minimum absolute atomic E-state index is 0.0311. The van der Waals surface area contributed by atoms with E-state index in [-0.39, 0.29) is 16.4 Å². The van der Waals surface area contributed by atoms with Crippen LogP contribution in [0.2, 0.25) is 5.02 Å². The Balaban J connectivity index is 2.60. The molecule has 0 saturated heterocycles. The molecule has 0 saturated carbocycles. The Kier molecular flexibility index (Phi) is 4.29. The summed E-state index contributed by atoms with van der Waals surface area (Å²) in [6.07, 6.45) is 1.02. The van der Waals surface area contributed by atoms with Gasteiger partial charge in [-0.05, 0) is 18.2 Å². The molecular formula is C12H8BrClFN3O3. The van der Waals surface area contributed by atoms with Gasteiger partial charge in [0.25, 0.3) is 5.56 Å². The highest BCUT2D eigenvalue weighted by Crippen LogP contribution is 2.33. The van der Waals surface area contributed by atoms with Gasteiger partial charge in [0.05, 0.1) is 16.8 Å². The molecule has 0 aliphatic carbocycles. The predicted molar refractivity (Wildman–Crippen MR) is 80.7 cm³/mol. The monoisotopic (exact) mass is 375 g/mol. The smallest absolute Gasteiger partial charge is 0.310 e. The third kappa shape index (κ3) is 3.06. The summed E-state index contributed by atoms with van der Waals surface area (Å²) in [7, 11) is 1.34.